The average Bonchev–Trinajstić information content (AvgIpc) is 2.60. The van der Waals surface area contributed by atoms with Crippen LogP contribution in [0.15, 0.2) is 47.3 Å². The zero-order valence-corrected chi connectivity index (χ0v) is 12.5. The van der Waals surface area contributed by atoms with Gasteiger partial charge in [-0.2, -0.15) is 5.10 Å². The summed E-state index contributed by atoms with van der Waals surface area (Å²) < 4.78 is 26.4. The highest BCUT2D eigenvalue weighted by Gasteiger charge is 2.17. The van der Waals surface area contributed by atoms with Gasteiger partial charge in [0.15, 0.2) is 5.69 Å². The second-order valence-corrected chi connectivity index (χ2v) is 4.98. The third kappa shape index (κ3) is 3.20. The fourth-order valence-corrected chi connectivity index (χ4v) is 2.20. The molecule has 3 rings (SSSR count). The lowest BCUT2D eigenvalue weighted by Gasteiger charge is -2.09. The van der Waals surface area contributed by atoms with Gasteiger partial charge in [0.05, 0.1) is 10.9 Å². The number of amides is 2. The molecule has 1 aromatic heterocycles. The van der Waals surface area contributed by atoms with E-state index < -0.39 is 34.6 Å². The summed E-state index contributed by atoms with van der Waals surface area (Å²) in [4.78, 5) is 35.7. The van der Waals surface area contributed by atoms with Gasteiger partial charge in [-0.3, -0.25) is 25.2 Å². The molecule has 2 amide bonds. The van der Waals surface area contributed by atoms with Crippen LogP contribution in [0.3, 0.4) is 0 Å². The topological polar surface area (TPSA) is 104 Å². The van der Waals surface area contributed by atoms with E-state index in [4.69, 9.17) is 0 Å². The second-order valence-electron chi connectivity index (χ2n) is 4.98. The lowest BCUT2D eigenvalue weighted by Crippen LogP contribution is -2.42. The smallest absolute Gasteiger partial charge is 0.267 e. The fourth-order valence-electron chi connectivity index (χ4n) is 2.20. The Morgan fingerprint density at radius 2 is 1.64 bits per heavy atom. The van der Waals surface area contributed by atoms with Gasteiger partial charge in [-0.25, -0.2) is 13.9 Å². The molecule has 0 fully saturated rings. The molecule has 0 unspecified atom stereocenters. The molecule has 2 aromatic carbocycles. The van der Waals surface area contributed by atoms with Gasteiger partial charge in [0.2, 0.25) is 0 Å². The molecule has 0 bridgehead atoms. The van der Waals surface area contributed by atoms with Crippen molar-refractivity contribution >= 4 is 22.6 Å². The monoisotopic (exact) mass is 344 g/mol. The van der Waals surface area contributed by atoms with Crippen LogP contribution in [0.4, 0.5) is 8.78 Å². The van der Waals surface area contributed by atoms with Crippen molar-refractivity contribution in [3.63, 3.8) is 0 Å². The molecule has 0 aliphatic heterocycles. The molecule has 7 nitrogen and oxygen atoms in total. The zero-order chi connectivity index (χ0) is 18.0. The van der Waals surface area contributed by atoms with E-state index >= 15 is 0 Å². The molecule has 0 radical (unpaired) electrons. The van der Waals surface area contributed by atoms with E-state index in [0.717, 1.165) is 12.1 Å². The van der Waals surface area contributed by atoms with Crippen LogP contribution in [0.5, 0.6) is 0 Å². The van der Waals surface area contributed by atoms with Crippen molar-refractivity contribution in [2.24, 2.45) is 0 Å². The van der Waals surface area contributed by atoms with Gasteiger partial charge in [-0.1, -0.05) is 18.2 Å². The summed E-state index contributed by atoms with van der Waals surface area (Å²) in [6, 6.07) is 8.68. The van der Waals surface area contributed by atoms with Crippen LogP contribution < -0.4 is 16.4 Å². The van der Waals surface area contributed by atoms with Gasteiger partial charge in [0.25, 0.3) is 17.4 Å². The molecule has 0 aliphatic carbocycles. The summed E-state index contributed by atoms with van der Waals surface area (Å²) >= 11 is 0. The Morgan fingerprint density at radius 3 is 2.36 bits per heavy atom. The van der Waals surface area contributed by atoms with Gasteiger partial charge in [0.1, 0.15) is 11.6 Å². The van der Waals surface area contributed by atoms with E-state index in [1.54, 1.807) is 12.1 Å². The quantitative estimate of drug-likeness (QED) is 0.609. The molecule has 0 saturated heterocycles. The average molecular weight is 344 g/mol. The van der Waals surface area contributed by atoms with Crippen LogP contribution >= 0.6 is 0 Å². The Bertz CT molecular complexity index is 1050. The molecule has 25 heavy (non-hydrogen) atoms. The van der Waals surface area contributed by atoms with Crippen molar-refractivity contribution < 1.29 is 18.4 Å². The maximum atomic E-state index is 13.5. The number of halogens is 2. The number of aromatic nitrogens is 2. The number of carbonyl (C=O) groups is 2. The van der Waals surface area contributed by atoms with Crippen LogP contribution in [-0.2, 0) is 0 Å². The minimum atomic E-state index is -1.07. The van der Waals surface area contributed by atoms with Gasteiger partial charge < -0.3 is 0 Å². The lowest BCUT2D eigenvalue weighted by molar-refractivity contribution is 0.0842. The van der Waals surface area contributed by atoms with Crippen LogP contribution in [-0.4, -0.2) is 22.0 Å². The van der Waals surface area contributed by atoms with Crippen LogP contribution in [0.1, 0.15) is 20.8 Å². The van der Waals surface area contributed by atoms with E-state index in [9.17, 15) is 23.2 Å². The Labute approximate surface area is 138 Å². The second kappa shape index (κ2) is 6.48. The van der Waals surface area contributed by atoms with Crippen molar-refractivity contribution in [1.29, 1.82) is 0 Å². The van der Waals surface area contributed by atoms with Crippen molar-refractivity contribution in [2.75, 3.05) is 0 Å². The molecule has 126 valence electrons. The molecule has 3 N–H and O–H groups in total. The first-order valence-corrected chi connectivity index (χ1v) is 7.00. The number of hydrazine groups is 1. The predicted octanol–water partition coefficient (Wildman–Crippen LogP) is 1.28. The van der Waals surface area contributed by atoms with Crippen LogP contribution in [0.25, 0.3) is 10.8 Å². The number of fused-ring (bicyclic) bond motifs is 1. The maximum absolute atomic E-state index is 13.5. The van der Waals surface area contributed by atoms with Gasteiger partial charge in [0, 0.05) is 11.5 Å². The number of hydrogen-bond acceptors (Lipinski definition) is 4. The van der Waals surface area contributed by atoms with Gasteiger partial charge in [-0.05, 0) is 18.2 Å². The molecule has 0 spiro atoms. The Morgan fingerprint density at radius 1 is 0.960 bits per heavy atom. The molecular weight excluding hydrogens is 334 g/mol. The number of benzene rings is 2. The number of rotatable bonds is 2. The minimum absolute atomic E-state index is 0.130. The van der Waals surface area contributed by atoms with E-state index in [2.05, 4.69) is 15.6 Å². The summed E-state index contributed by atoms with van der Waals surface area (Å²) in [5.41, 5.74) is 3.03. The highest BCUT2D eigenvalue weighted by atomic mass is 19.1. The largest absolute Gasteiger partial charge is 0.290 e. The maximum Gasteiger partial charge on any atom is 0.290 e. The van der Waals surface area contributed by atoms with Crippen molar-refractivity contribution in [3.8, 4) is 0 Å². The molecule has 1 heterocycles. The summed E-state index contributed by atoms with van der Waals surface area (Å²) in [6.07, 6.45) is 0. The summed E-state index contributed by atoms with van der Waals surface area (Å²) in [5, 5.41) is 6.37. The molecule has 9 heteroatoms. The van der Waals surface area contributed by atoms with Crippen molar-refractivity contribution in [2.45, 2.75) is 0 Å². The molecule has 0 atom stereocenters. The highest BCUT2D eigenvalue weighted by molar-refractivity contribution is 6.05. The van der Waals surface area contributed by atoms with E-state index in [0.29, 0.717) is 6.07 Å². The summed E-state index contributed by atoms with van der Waals surface area (Å²) in [7, 11) is 0. The van der Waals surface area contributed by atoms with E-state index in [1.807, 2.05) is 5.43 Å². The Hall–Kier alpha value is -3.62. The Kier molecular flexibility index (Phi) is 4.21. The minimum Gasteiger partial charge on any atom is -0.267 e. The highest BCUT2D eigenvalue weighted by Crippen LogP contribution is 2.12. The van der Waals surface area contributed by atoms with Crippen LogP contribution in [0.2, 0.25) is 0 Å². The number of carbonyl (C=O) groups excluding carboxylic acids is 2. The van der Waals surface area contributed by atoms with Gasteiger partial charge in [-0.15, -0.1) is 0 Å². The van der Waals surface area contributed by atoms with E-state index in [-0.39, 0.29) is 16.5 Å². The fraction of sp³-hybridized carbons (Fsp3) is 0. The van der Waals surface area contributed by atoms with Crippen LogP contribution in [0, 0.1) is 11.6 Å². The number of nitrogens with one attached hydrogen (secondary N) is 3. The first-order valence-electron chi connectivity index (χ1n) is 7.00. The standard InChI is InChI=1S/C16H10F2N4O3/c17-8-5-6-11(12(18)7-8)15(24)21-22-16(25)13-9-3-1-2-4-10(9)14(23)20-19-13/h1-7H,(H,20,23)(H,21,24)(H,22,25). The predicted molar refractivity (Wildman–Crippen MR) is 83.7 cm³/mol. The Balaban J connectivity index is 1.80. The lowest BCUT2D eigenvalue weighted by atomic mass is 10.1. The molecule has 0 aliphatic rings. The van der Waals surface area contributed by atoms with Crippen molar-refractivity contribution in [1.82, 2.24) is 21.0 Å². The molecule has 0 saturated carbocycles. The number of hydrogen-bond donors (Lipinski definition) is 3. The number of aromatic amines is 1. The number of H-pyrrole nitrogens is 1. The SMILES string of the molecule is O=C(NNC(=O)c1n[nH]c(=O)c2ccccc12)c1ccc(F)cc1F. The third-order valence-corrected chi connectivity index (χ3v) is 3.38. The normalized spacial score (nSPS) is 10.5. The third-order valence-electron chi connectivity index (χ3n) is 3.38. The molecule has 3 aromatic rings. The van der Waals surface area contributed by atoms with Gasteiger partial charge >= 0.3 is 0 Å². The zero-order valence-electron chi connectivity index (χ0n) is 12.5. The first kappa shape index (κ1) is 16.2. The summed E-state index contributed by atoms with van der Waals surface area (Å²) in [6.45, 7) is 0. The molecular formula is C16H10F2N4O3. The van der Waals surface area contributed by atoms with E-state index in [1.165, 1.54) is 12.1 Å². The number of nitrogens with zero attached hydrogens (tertiary/aromatic N) is 1. The summed E-state index contributed by atoms with van der Waals surface area (Å²) in [5.74, 6) is -3.69. The first-order chi connectivity index (χ1) is 12.0. The van der Waals surface area contributed by atoms with Crippen molar-refractivity contribution in [3.05, 3.63) is 75.7 Å².